The van der Waals surface area contributed by atoms with Crippen molar-refractivity contribution in [2.45, 2.75) is 13.3 Å². The van der Waals surface area contributed by atoms with E-state index in [-0.39, 0.29) is 0 Å². The minimum atomic E-state index is -2.73. The Balaban J connectivity index is 2.05. The fourth-order valence-electron chi connectivity index (χ4n) is 2.84. The SMILES string of the molecule is COc1ccc2nc(C(F)F)nn2c1-c1cc(C)c2[nH]ncc2c1. The number of rotatable bonds is 3. The molecule has 24 heavy (non-hydrogen) atoms. The summed E-state index contributed by atoms with van der Waals surface area (Å²) in [7, 11) is 1.53. The Hall–Kier alpha value is -3.03. The van der Waals surface area contributed by atoms with Gasteiger partial charge in [-0.15, -0.1) is 5.10 Å². The minimum absolute atomic E-state index is 0.339. The van der Waals surface area contributed by atoms with Crippen molar-refractivity contribution in [2.75, 3.05) is 7.11 Å². The van der Waals surface area contributed by atoms with E-state index in [2.05, 4.69) is 20.3 Å². The highest BCUT2D eigenvalue weighted by Gasteiger charge is 2.19. The number of nitrogens with zero attached hydrogens (tertiary/aromatic N) is 4. The predicted octanol–water partition coefficient (Wildman–Crippen LogP) is 3.53. The van der Waals surface area contributed by atoms with Gasteiger partial charge in [0.15, 0.2) is 5.65 Å². The van der Waals surface area contributed by atoms with E-state index < -0.39 is 12.2 Å². The summed E-state index contributed by atoms with van der Waals surface area (Å²) in [5.41, 5.74) is 3.60. The average Bonchev–Trinajstić information content (AvgIpc) is 3.20. The number of fused-ring (bicyclic) bond motifs is 2. The van der Waals surface area contributed by atoms with Gasteiger partial charge < -0.3 is 4.74 Å². The molecule has 0 unspecified atom stereocenters. The van der Waals surface area contributed by atoms with E-state index in [1.54, 1.807) is 18.3 Å². The van der Waals surface area contributed by atoms with Crippen molar-refractivity contribution in [3.05, 3.63) is 41.9 Å². The number of methoxy groups -OCH3 is 1. The van der Waals surface area contributed by atoms with Crippen molar-refractivity contribution in [3.8, 4) is 17.0 Å². The second kappa shape index (κ2) is 5.26. The molecule has 3 aromatic heterocycles. The lowest BCUT2D eigenvalue weighted by molar-refractivity contribution is 0.140. The molecule has 0 aliphatic heterocycles. The smallest absolute Gasteiger partial charge is 0.299 e. The van der Waals surface area contributed by atoms with Crippen molar-refractivity contribution >= 4 is 16.6 Å². The van der Waals surface area contributed by atoms with Gasteiger partial charge in [0.25, 0.3) is 6.43 Å². The molecular formula is C16H13F2N5O. The van der Waals surface area contributed by atoms with Gasteiger partial charge in [0.2, 0.25) is 5.82 Å². The molecule has 1 N–H and O–H groups in total. The molecule has 0 aliphatic carbocycles. The largest absolute Gasteiger partial charge is 0.494 e. The standard InChI is InChI=1S/C16H13F2N5O/c1-8-5-9(6-10-7-19-21-13(8)10)14-11(24-2)3-4-12-20-16(15(17)18)22-23(12)14/h3-7,15H,1-2H3,(H,19,21). The van der Waals surface area contributed by atoms with E-state index in [0.717, 1.165) is 22.0 Å². The maximum atomic E-state index is 13.0. The molecular weight excluding hydrogens is 316 g/mol. The van der Waals surface area contributed by atoms with Crippen LogP contribution in [-0.4, -0.2) is 31.9 Å². The van der Waals surface area contributed by atoms with Crippen molar-refractivity contribution in [1.29, 1.82) is 0 Å². The number of H-pyrrole nitrogens is 1. The van der Waals surface area contributed by atoms with Gasteiger partial charge in [0.05, 0.1) is 18.8 Å². The number of benzene rings is 1. The van der Waals surface area contributed by atoms with E-state index in [4.69, 9.17) is 4.74 Å². The third kappa shape index (κ3) is 2.10. The summed E-state index contributed by atoms with van der Waals surface area (Å²) in [6.07, 6.45) is -1.02. The number of aryl methyl sites for hydroxylation is 1. The summed E-state index contributed by atoms with van der Waals surface area (Å²) in [6.45, 7) is 1.95. The number of aromatic nitrogens is 5. The van der Waals surface area contributed by atoms with E-state index in [1.807, 2.05) is 19.1 Å². The molecule has 4 rings (SSSR count). The third-order valence-corrected chi connectivity index (χ3v) is 3.91. The lowest BCUT2D eigenvalue weighted by Gasteiger charge is -2.11. The number of pyridine rings is 1. The van der Waals surface area contributed by atoms with E-state index in [1.165, 1.54) is 11.6 Å². The second-order valence-corrected chi connectivity index (χ2v) is 5.42. The first kappa shape index (κ1) is 14.6. The summed E-state index contributed by atoms with van der Waals surface area (Å²) in [4.78, 5) is 3.88. The molecule has 1 aromatic carbocycles. The predicted molar refractivity (Wildman–Crippen MR) is 84.3 cm³/mol. The number of halogens is 2. The van der Waals surface area contributed by atoms with Gasteiger partial charge in [-0.25, -0.2) is 18.3 Å². The first-order valence-electron chi connectivity index (χ1n) is 7.24. The molecule has 0 spiro atoms. The molecule has 0 atom stereocenters. The number of hydrogen-bond acceptors (Lipinski definition) is 4. The van der Waals surface area contributed by atoms with Gasteiger partial charge in [-0.3, -0.25) is 5.10 Å². The van der Waals surface area contributed by atoms with Crippen LogP contribution in [0, 0.1) is 6.92 Å². The van der Waals surface area contributed by atoms with Crippen molar-refractivity contribution in [3.63, 3.8) is 0 Å². The molecule has 0 amide bonds. The summed E-state index contributed by atoms with van der Waals surface area (Å²) in [5, 5.41) is 11.8. The Morgan fingerprint density at radius 1 is 1.25 bits per heavy atom. The van der Waals surface area contributed by atoms with E-state index in [9.17, 15) is 8.78 Å². The molecule has 3 heterocycles. The molecule has 0 radical (unpaired) electrons. The zero-order valence-electron chi connectivity index (χ0n) is 12.9. The molecule has 122 valence electrons. The molecule has 0 saturated carbocycles. The van der Waals surface area contributed by atoms with Crippen molar-refractivity contribution in [2.24, 2.45) is 0 Å². The minimum Gasteiger partial charge on any atom is -0.494 e. The molecule has 0 aliphatic rings. The normalized spacial score (nSPS) is 11.7. The van der Waals surface area contributed by atoms with E-state index in [0.29, 0.717) is 17.1 Å². The number of ether oxygens (including phenoxy) is 1. The van der Waals surface area contributed by atoms with Crippen LogP contribution in [-0.2, 0) is 0 Å². The number of aromatic amines is 1. The summed E-state index contributed by atoms with van der Waals surface area (Å²) >= 11 is 0. The molecule has 4 aromatic rings. The Morgan fingerprint density at radius 2 is 2.08 bits per heavy atom. The second-order valence-electron chi connectivity index (χ2n) is 5.42. The summed E-state index contributed by atoms with van der Waals surface area (Å²) in [6, 6.07) is 7.14. The molecule has 6 nitrogen and oxygen atoms in total. The average molecular weight is 329 g/mol. The zero-order chi connectivity index (χ0) is 16.8. The number of hydrogen-bond donors (Lipinski definition) is 1. The van der Waals surface area contributed by atoms with Crippen LogP contribution in [0.4, 0.5) is 8.78 Å². The van der Waals surface area contributed by atoms with Crippen LogP contribution in [0.2, 0.25) is 0 Å². The molecule has 0 fully saturated rings. The Morgan fingerprint density at radius 3 is 2.83 bits per heavy atom. The van der Waals surface area contributed by atoms with Gasteiger partial charge in [-0.1, -0.05) is 0 Å². The van der Waals surface area contributed by atoms with Crippen molar-refractivity contribution < 1.29 is 13.5 Å². The first-order valence-corrected chi connectivity index (χ1v) is 7.24. The molecule has 0 bridgehead atoms. The zero-order valence-corrected chi connectivity index (χ0v) is 12.9. The highest BCUT2D eigenvalue weighted by Crippen LogP contribution is 2.33. The topological polar surface area (TPSA) is 68.1 Å². The monoisotopic (exact) mass is 329 g/mol. The van der Waals surface area contributed by atoms with Crippen LogP contribution in [0.15, 0.2) is 30.5 Å². The van der Waals surface area contributed by atoms with Crippen LogP contribution in [0.3, 0.4) is 0 Å². The Bertz CT molecular complexity index is 1050. The Labute approximate surface area is 135 Å². The molecule has 0 saturated heterocycles. The quantitative estimate of drug-likeness (QED) is 0.624. The summed E-state index contributed by atoms with van der Waals surface area (Å²) < 4.78 is 32.7. The third-order valence-electron chi connectivity index (χ3n) is 3.91. The van der Waals surface area contributed by atoms with Crippen molar-refractivity contribution in [1.82, 2.24) is 24.8 Å². The lowest BCUT2D eigenvalue weighted by atomic mass is 10.0. The first-order chi connectivity index (χ1) is 11.6. The maximum Gasteiger partial charge on any atom is 0.299 e. The van der Waals surface area contributed by atoms with Gasteiger partial charge in [-0.2, -0.15) is 5.10 Å². The van der Waals surface area contributed by atoms with Crippen LogP contribution >= 0.6 is 0 Å². The number of alkyl halides is 2. The van der Waals surface area contributed by atoms with Crippen LogP contribution < -0.4 is 4.74 Å². The van der Waals surface area contributed by atoms with Crippen LogP contribution in [0.5, 0.6) is 5.75 Å². The van der Waals surface area contributed by atoms with Crippen LogP contribution in [0.25, 0.3) is 27.8 Å². The molecule has 8 heteroatoms. The van der Waals surface area contributed by atoms with E-state index >= 15 is 0 Å². The fourth-order valence-corrected chi connectivity index (χ4v) is 2.84. The highest BCUT2D eigenvalue weighted by molar-refractivity contribution is 5.87. The highest BCUT2D eigenvalue weighted by atomic mass is 19.3. The van der Waals surface area contributed by atoms with Gasteiger partial charge >= 0.3 is 0 Å². The van der Waals surface area contributed by atoms with Gasteiger partial charge in [0, 0.05) is 10.9 Å². The maximum absolute atomic E-state index is 13.0. The fraction of sp³-hybridized carbons (Fsp3) is 0.188. The summed E-state index contributed by atoms with van der Waals surface area (Å²) in [5.74, 6) is 0.0149. The Kier molecular flexibility index (Phi) is 3.19. The lowest BCUT2D eigenvalue weighted by Crippen LogP contribution is -1.99. The number of nitrogens with one attached hydrogen (secondary N) is 1. The van der Waals surface area contributed by atoms with Crippen LogP contribution in [0.1, 0.15) is 17.8 Å². The van der Waals surface area contributed by atoms with Gasteiger partial charge in [-0.05, 0) is 36.8 Å². The van der Waals surface area contributed by atoms with Gasteiger partial charge in [0.1, 0.15) is 11.4 Å².